The van der Waals surface area contributed by atoms with Crippen molar-refractivity contribution in [3.05, 3.63) is 107 Å². The summed E-state index contributed by atoms with van der Waals surface area (Å²) in [5.74, 6) is -1.48. The number of halogens is 3. The number of nitrogens with one attached hydrogen (secondary N) is 1. The maximum Gasteiger partial charge on any atom is 0.251 e. The Morgan fingerprint density at radius 3 is 2.48 bits per heavy atom. The lowest BCUT2D eigenvalue weighted by atomic mass is 10.1. The molecule has 1 N–H and O–H groups in total. The Hall–Kier alpha value is -4.20. The minimum absolute atomic E-state index is 0.0303. The van der Waals surface area contributed by atoms with Crippen molar-refractivity contribution in [2.45, 2.75) is 13.5 Å². The summed E-state index contributed by atoms with van der Waals surface area (Å²) in [5, 5.41) is 2.66. The fourth-order valence-electron chi connectivity index (χ4n) is 3.25. The molecule has 0 aliphatic heterocycles. The zero-order valence-electron chi connectivity index (χ0n) is 17.5. The molecule has 33 heavy (non-hydrogen) atoms. The average molecular weight is 449 g/mol. The van der Waals surface area contributed by atoms with E-state index in [4.69, 9.17) is 4.74 Å². The van der Waals surface area contributed by atoms with Crippen molar-refractivity contribution in [1.82, 2.24) is 15.3 Å². The highest BCUT2D eigenvalue weighted by molar-refractivity contribution is 5.96. The first-order valence-corrected chi connectivity index (χ1v) is 9.97. The van der Waals surface area contributed by atoms with Crippen molar-refractivity contribution in [2.24, 2.45) is 0 Å². The molecule has 166 valence electrons. The molecule has 0 unspecified atom stereocenters. The fourth-order valence-corrected chi connectivity index (χ4v) is 3.25. The lowest BCUT2D eigenvalue weighted by Gasteiger charge is -2.13. The minimum atomic E-state index is -0.709. The summed E-state index contributed by atoms with van der Waals surface area (Å²) in [7, 11) is 0. The molecule has 5 nitrogen and oxygen atoms in total. The highest BCUT2D eigenvalue weighted by atomic mass is 19.1. The van der Waals surface area contributed by atoms with Gasteiger partial charge in [0.15, 0.2) is 0 Å². The molecule has 0 radical (unpaired) electrons. The number of aromatic nitrogens is 2. The van der Waals surface area contributed by atoms with Crippen molar-refractivity contribution < 1.29 is 22.7 Å². The van der Waals surface area contributed by atoms with Crippen LogP contribution in [0.3, 0.4) is 0 Å². The Balaban J connectivity index is 1.50. The molecular weight excluding hydrogens is 431 g/mol. The number of pyridine rings is 2. The molecule has 0 saturated carbocycles. The number of ether oxygens (including phenoxy) is 1. The van der Waals surface area contributed by atoms with Crippen LogP contribution in [0.5, 0.6) is 11.5 Å². The Morgan fingerprint density at radius 2 is 1.76 bits per heavy atom. The number of rotatable bonds is 6. The third-order valence-electron chi connectivity index (χ3n) is 4.89. The van der Waals surface area contributed by atoms with Gasteiger partial charge >= 0.3 is 0 Å². The second kappa shape index (κ2) is 9.52. The maximum atomic E-state index is 13.4. The van der Waals surface area contributed by atoms with Gasteiger partial charge in [0, 0.05) is 47.8 Å². The SMILES string of the molecule is Cc1c(Oc2ccnc(-c3ccc(F)nc3)c2)cccc1C(=O)NCc1cc(F)cc(F)c1. The van der Waals surface area contributed by atoms with Crippen LogP contribution in [0.2, 0.25) is 0 Å². The molecule has 4 rings (SSSR count). The van der Waals surface area contributed by atoms with Crippen molar-refractivity contribution in [2.75, 3.05) is 0 Å². The molecule has 8 heteroatoms. The van der Waals surface area contributed by atoms with Crippen LogP contribution in [0, 0.1) is 24.5 Å². The Bertz CT molecular complexity index is 1290. The van der Waals surface area contributed by atoms with Crippen LogP contribution in [0.4, 0.5) is 13.2 Å². The van der Waals surface area contributed by atoms with E-state index in [1.165, 1.54) is 12.3 Å². The van der Waals surface area contributed by atoms with E-state index in [-0.39, 0.29) is 6.54 Å². The molecule has 0 spiro atoms. The first kappa shape index (κ1) is 22.0. The molecule has 0 saturated heterocycles. The van der Waals surface area contributed by atoms with E-state index in [2.05, 4.69) is 15.3 Å². The summed E-state index contributed by atoms with van der Waals surface area (Å²) in [6.45, 7) is 1.70. The maximum absolute atomic E-state index is 13.4. The number of amides is 1. The van der Waals surface area contributed by atoms with Gasteiger partial charge in [0.1, 0.15) is 23.1 Å². The van der Waals surface area contributed by atoms with Gasteiger partial charge in [0.25, 0.3) is 5.91 Å². The van der Waals surface area contributed by atoms with Gasteiger partial charge in [-0.2, -0.15) is 4.39 Å². The van der Waals surface area contributed by atoms with Crippen molar-refractivity contribution in [3.63, 3.8) is 0 Å². The number of hydrogen-bond donors (Lipinski definition) is 1. The monoisotopic (exact) mass is 449 g/mol. The first-order chi connectivity index (χ1) is 15.9. The molecule has 0 aliphatic rings. The van der Waals surface area contributed by atoms with Crippen molar-refractivity contribution in [3.8, 4) is 22.8 Å². The zero-order chi connectivity index (χ0) is 23.4. The predicted molar refractivity (Wildman–Crippen MR) is 116 cm³/mol. The van der Waals surface area contributed by atoms with E-state index in [1.807, 2.05) is 0 Å². The topological polar surface area (TPSA) is 64.1 Å². The largest absolute Gasteiger partial charge is 0.457 e. The molecule has 0 atom stereocenters. The van der Waals surface area contributed by atoms with Crippen LogP contribution in [0.15, 0.2) is 73.1 Å². The Kier molecular flexibility index (Phi) is 6.35. The number of nitrogens with zero attached hydrogens (tertiary/aromatic N) is 2. The lowest BCUT2D eigenvalue weighted by molar-refractivity contribution is 0.0950. The van der Waals surface area contributed by atoms with Gasteiger partial charge in [-0.3, -0.25) is 9.78 Å². The second-order valence-electron chi connectivity index (χ2n) is 7.24. The summed E-state index contributed by atoms with van der Waals surface area (Å²) in [5.41, 5.74) is 2.43. The molecular formula is C25H18F3N3O2. The predicted octanol–water partition coefficient (Wildman–Crippen LogP) is 5.59. The van der Waals surface area contributed by atoms with Gasteiger partial charge in [-0.05, 0) is 55.0 Å². The average Bonchev–Trinajstić information content (AvgIpc) is 2.79. The second-order valence-corrected chi connectivity index (χ2v) is 7.24. The van der Waals surface area contributed by atoms with Crippen LogP contribution in [0.1, 0.15) is 21.5 Å². The van der Waals surface area contributed by atoms with Gasteiger partial charge in [0.2, 0.25) is 5.95 Å². The number of benzene rings is 2. The highest BCUT2D eigenvalue weighted by Crippen LogP contribution is 2.29. The third kappa shape index (κ3) is 5.35. The first-order valence-electron chi connectivity index (χ1n) is 9.97. The lowest BCUT2D eigenvalue weighted by Crippen LogP contribution is -2.23. The quantitative estimate of drug-likeness (QED) is 0.390. The number of hydrogen-bond acceptors (Lipinski definition) is 4. The molecule has 2 heterocycles. The van der Waals surface area contributed by atoms with Gasteiger partial charge in [-0.25, -0.2) is 13.8 Å². The summed E-state index contributed by atoms with van der Waals surface area (Å²) >= 11 is 0. The van der Waals surface area contributed by atoms with E-state index in [9.17, 15) is 18.0 Å². The van der Waals surface area contributed by atoms with Crippen LogP contribution in [-0.2, 0) is 6.54 Å². The molecule has 0 bridgehead atoms. The van der Waals surface area contributed by atoms with Crippen LogP contribution in [0.25, 0.3) is 11.3 Å². The van der Waals surface area contributed by atoms with Gasteiger partial charge in [-0.1, -0.05) is 6.07 Å². The van der Waals surface area contributed by atoms with E-state index in [0.717, 1.165) is 18.2 Å². The van der Waals surface area contributed by atoms with E-state index < -0.39 is 23.5 Å². The van der Waals surface area contributed by atoms with Crippen LogP contribution < -0.4 is 10.1 Å². The summed E-state index contributed by atoms with van der Waals surface area (Å²) in [4.78, 5) is 20.6. The molecule has 4 aromatic rings. The van der Waals surface area contributed by atoms with Crippen molar-refractivity contribution >= 4 is 5.91 Å². The van der Waals surface area contributed by atoms with Crippen molar-refractivity contribution in [1.29, 1.82) is 0 Å². The van der Waals surface area contributed by atoms with E-state index in [1.54, 1.807) is 49.5 Å². The Morgan fingerprint density at radius 1 is 0.970 bits per heavy atom. The fraction of sp³-hybridized carbons (Fsp3) is 0.0800. The van der Waals surface area contributed by atoms with E-state index >= 15 is 0 Å². The summed E-state index contributed by atoms with van der Waals surface area (Å²) < 4.78 is 45.8. The smallest absolute Gasteiger partial charge is 0.251 e. The Labute approximate surface area is 187 Å². The van der Waals surface area contributed by atoms with Crippen LogP contribution in [-0.4, -0.2) is 15.9 Å². The summed E-state index contributed by atoms with van der Waals surface area (Å²) in [6, 6.07) is 14.3. The zero-order valence-corrected chi connectivity index (χ0v) is 17.5. The third-order valence-corrected chi connectivity index (χ3v) is 4.89. The van der Waals surface area contributed by atoms with Gasteiger partial charge in [-0.15, -0.1) is 0 Å². The van der Waals surface area contributed by atoms with Gasteiger partial charge < -0.3 is 10.1 Å². The number of carbonyl (C=O) groups excluding carboxylic acids is 1. The van der Waals surface area contributed by atoms with Crippen LogP contribution >= 0.6 is 0 Å². The molecule has 2 aromatic carbocycles. The molecule has 2 aromatic heterocycles. The number of carbonyl (C=O) groups is 1. The van der Waals surface area contributed by atoms with E-state index in [0.29, 0.717) is 39.4 Å². The molecule has 0 aliphatic carbocycles. The minimum Gasteiger partial charge on any atom is -0.457 e. The van der Waals surface area contributed by atoms with Gasteiger partial charge in [0.05, 0.1) is 5.69 Å². The summed E-state index contributed by atoms with van der Waals surface area (Å²) in [6.07, 6.45) is 2.93. The standard InChI is InChI=1S/C25H18F3N3O2/c1-15-21(25(32)31-13-16-9-18(26)11-19(27)10-16)3-2-4-23(15)33-20-7-8-29-22(12-20)17-5-6-24(28)30-14-17/h2-12,14H,13H2,1H3,(H,31,32). The molecule has 1 amide bonds. The normalized spacial score (nSPS) is 10.7. The molecule has 0 fully saturated rings. The highest BCUT2D eigenvalue weighted by Gasteiger charge is 2.14.